The molecule has 250 valence electrons. The monoisotopic (exact) mass is 744 g/mol. The van der Waals surface area contributed by atoms with Crippen LogP contribution in [0.2, 0.25) is 0 Å². The van der Waals surface area contributed by atoms with E-state index in [1.165, 1.54) is 0 Å². The minimum atomic E-state index is -4.55. The Morgan fingerprint density at radius 1 is 0.886 bits per heavy atom. The number of benzene rings is 2. The number of alkyl halides is 6. The highest BCUT2D eigenvalue weighted by atomic mass is 79.9. The number of nitrogens with two attached hydrogens (primary N) is 1. The third-order valence-corrected chi connectivity index (χ3v) is 8.22. The number of halogens is 10. The van der Waals surface area contributed by atoms with Gasteiger partial charge in [-0.25, -0.2) is 13.0 Å². The minimum Gasteiger partial charge on any atom is -0.379 e. The zero-order chi connectivity index (χ0) is 32.6. The van der Waals surface area contributed by atoms with Crippen molar-refractivity contribution in [1.29, 1.82) is 0 Å². The minimum absolute atomic E-state index is 0. The molecular formula is C28H34BrClF8N2O3S. The number of hydrogen-bond acceptors (Lipinski definition) is 4. The summed E-state index contributed by atoms with van der Waals surface area (Å²) in [4.78, 5) is 0. The van der Waals surface area contributed by atoms with Crippen LogP contribution < -0.4 is 5.73 Å². The van der Waals surface area contributed by atoms with Crippen LogP contribution in [0.5, 0.6) is 0 Å². The molecule has 2 N–H and O–H groups in total. The Hall–Kier alpha value is -1.65. The van der Waals surface area contributed by atoms with Gasteiger partial charge in [0.15, 0.2) is 0 Å². The van der Waals surface area contributed by atoms with E-state index in [0.717, 1.165) is 49.4 Å². The van der Waals surface area contributed by atoms with Crippen molar-refractivity contribution >= 4 is 45.0 Å². The zero-order valence-electron chi connectivity index (χ0n) is 24.1. The highest BCUT2D eigenvalue weighted by Crippen LogP contribution is 2.35. The maximum atomic E-state index is 13.8. The van der Waals surface area contributed by atoms with Gasteiger partial charge in [0.25, 0.3) is 0 Å². The van der Waals surface area contributed by atoms with E-state index in [1.54, 1.807) is 0 Å². The summed E-state index contributed by atoms with van der Waals surface area (Å²) in [6.07, 6.45) is -5.94. The summed E-state index contributed by atoms with van der Waals surface area (Å²) in [5, 5.41) is 0. The zero-order valence-corrected chi connectivity index (χ0v) is 27.3. The molecule has 2 aromatic carbocycles. The lowest BCUT2D eigenvalue weighted by Crippen LogP contribution is -2.45. The smallest absolute Gasteiger partial charge is 0.379 e. The van der Waals surface area contributed by atoms with Crippen LogP contribution in [0.15, 0.2) is 45.3 Å². The quantitative estimate of drug-likeness (QED) is 0.313. The molecule has 0 radical (unpaired) electrons. The molecule has 0 bridgehead atoms. The molecule has 0 aliphatic carbocycles. The van der Waals surface area contributed by atoms with Crippen LogP contribution in [-0.2, 0) is 38.4 Å². The molecule has 16 heteroatoms. The highest BCUT2D eigenvalue weighted by molar-refractivity contribution is 9.10. The highest BCUT2D eigenvalue weighted by Gasteiger charge is 2.36. The van der Waals surface area contributed by atoms with Gasteiger partial charge in [0, 0.05) is 18.8 Å². The molecule has 2 aromatic rings. The average Bonchev–Trinajstić information content (AvgIpc) is 2.90. The van der Waals surface area contributed by atoms with Gasteiger partial charge < -0.3 is 15.2 Å². The SMILES string of the molecule is CC(C)(C)S(=O)N=C1CCCOC1.Cl.Fc1cc(C(F)(F)F)ccc1Br.NC1(c2ccc(C(F)(F)F)cc2F)CCCOC1. The molecule has 0 spiro atoms. The Kier molecular flexibility index (Phi) is 15.4. The van der Waals surface area contributed by atoms with Gasteiger partial charge in [0.2, 0.25) is 0 Å². The summed E-state index contributed by atoms with van der Waals surface area (Å²) < 4.78 is 125. The fraction of sp³-hybridized carbons (Fsp3) is 0.536. The first-order valence-corrected chi connectivity index (χ1v) is 15.0. The molecule has 2 aliphatic heterocycles. The number of nitrogens with zero attached hydrogens (tertiary/aromatic N) is 1. The predicted molar refractivity (Wildman–Crippen MR) is 159 cm³/mol. The second-order valence-corrected chi connectivity index (χ2v) is 13.6. The van der Waals surface area contributed by atoms with Gasteiger partial charge in [-0.1, -0.05) is 6.07 Å². The average molecular weight is 746 g/mol. The molecule has 2 heterocycles. The third kappa shape index (κ3) is 12.6. The van der Waals surface area contributed by atoms with Crippen molar-refractivity contribution in [3.63, 3.8) is 0 Å². The van der Waals surface area contributed by atoms with E-state index >= 15 is 0 Å². The van der Waals surface area contributed by atoms with Gasteiger partial charge >= 0.3 is 12.4 Å². The Balaban J connectivity index is 0.000000336. The lowest BCUT2D eigenvalue weighted by Gasteiger charge is -2.34. The van der Waals surface area contributed by atoms with E-state index in [0.29, 0.717) is 38.2 Å². The fourth-order valence-corrected chi connectivity index (χ4v) is 4.66. The van der Waals surface area contributed by atoms with E-state index in [2.05, 4.69) is 20.3 Å². The van der Waals surface area contributed by atoms with Gasteiger partial charge in [0.1, 0.15) is 22.6 Å². The second-order valence-electron chi connectivity index (χ2n) is 10.8. The number of ether oxygens (including phenoxy) is 2. The van der Waals surface area contributed by atoms with Crippen molar-refractivity contribution in [3.8, 4) is 0 Å². The Bertz CT molecular complexity index is 1270. The summed E-state index contributed by atoms with van der Waals surface area (Å²) >= 11 is 2.75. The largest absolute Gasteiger partial charge is 0.416 e. The first-order valence-electron chi connectivity index (χ1n) is 13.1. The van der Waals surface area contributed by atoms with Gasteiger partial charge in [-0.2, -0.15) is 30.7 Å². The molecular weight excluding hydrogens is 712 g/mol. The van der Waals surface area contributed by atoms with Crippen molar-refractivity contribution in [1.82, 2.24) is 0 Å². The van der Waals surface area contributed by atoms with Crippen LogP contribution >= 0.6 is 28.3 Å². The molecule has 2 fully saturated rings. The molecule has 0 aromatic heterocycles. The van der Waals surface area contributed by atoms with Crippen molar-refractivity contribution in [2.45, 2.75) is 69.1 Å². The van der Waals surface area contributed by atoms with Crippen LogP contribution in [0.1, 0.15) is 63.1 Å². The van der Waals surface area contributed by atoms with Gasteiger partial charge in [-0.05, 0) is 92.7 Å². The molecule has 0 saturated carbocycles. The topological polar surface area (TPSA) is 73.9 Å². The molecule has 2 aliphatic rings. The van der Waals surface area contributed by atoms with E-state index in [4.69, 9.17) is 15.2 Å². The first kappa shape index (κ1) is 40.4. The van der Waals surface area contributed by atoms with Gasteiger partial charge in [0.05, 0.1) is 44.8 Å². The molecule has 5 nitrogen and oxygen atoms in total. The third-order valence-electron chi connectivity index (χ3n) is 6.11. The molecule has 2 unspecified atom stereocenters. The lowest BCUT2D eigenvalue weighted by molar-refractivity contribution is -0.138. The van der Waals surface area contributed by atoms with E-state index in [9.17, 15) is 39.3 Å². The molecule has 2 atom stereocenters. The van der Waals surface area contributed by atoms with Crippen LogP contribution in [0.3, 0.4) is 0 Å². The Morgan fingerprint density at radius 2 is 1.43 bits per heavy atom. The second kappa shape index (κ2) is 16.8. The van der Waals surface area contributed by atoms with Crippen molar-refractivity contribution < 1.29 is 48.8 Å². The maximum Gasteiger partial charge on any atom is 0.416 e. The standard InChI is InChI=1S/C12H13F4NO.C9H17NO2S.C7H3BrF4.ClH/c13-10-6-8(12(14,15)16)2-3-9(10)11(17)4-1-5-18-7-11;1-9(2,3)13(11)10-8-5-4-6-12-7-8;8-5-2-1-4(3-6(5)9)7(10,11)12;/h2-3,6H,1,4-5,7,17H2;4-7H2,1-3H3;1-3H;1H. The van der Waals surface area contributed by atoms with E-state index in [1.807, 2.05) is 20.8 Å². The summed E-state index contributed by atoms with van der Waals surface area (Å²) in [6.45, 7) is 7.81. The lowest BCUT2D eigenvalue weighted by atomic mass is 9.85. The summed E-state index contributed by atoms with van der Waals surface area (Å²) in [7, 11) is -1.13. The molecule has 2 saturated heterocycles. The first-order chi connectivity index (χ1) is 19.7. The van der Waals surface area contributed by atoms with Gasteiger partial charge in [-0.3, -0.25) is 0 Å². The normalized spacial score (nSPS) is 20.8. The predicted octanol–water partition coefficient (Wildman–Crippen LogP) is 8.54. The Labute approximate surface area is 268 Å². The van der Waals surface area contributed by atoms with Crippen molar-refractivity contribution in [3.05, 3.63) is 69.2 Å². The van der Waals surface area contributed by atoms with Crippen LogP contribution in [0.4, 0.5) is 35.1 Å². The van der Waals surface area contributed by atoms with Crippen LogP contribution in [0, 0.1) is 11.6 Å². The molecule has 4 rings (SSSR count). The summed E-state index contributed by atoms with van der Waals surface area (Å²) in [5.41, 5.74) is 3.99. The number of rotatable bonds is 2. The van der Waals surface area contributed by atoms with E-state index < -0.39 is 51.6 Å². The molecule has 44 heavy (non-hydrogen) atoms. The van der Waals surface area contributed by atoms with Crippen LogP contribution in [-0.4, -0.2) is 41.1 Å². The van der Waals surface area contributed by atoms with Crippen molar-refractivity contribution in [2.75, 3.05) is 26.4 Å². The van der Waals surface area contributed by atoms with E-state index in [-0.39, 0.29) is 33.8 Å². The van der Waals surface area contributed by atoms with Crippen molar-refractivity contribution in [2.24, 2.45) is 10.1 Å². The number of hydrogen-bond donors (Lipinski definition) is 1. The van der Waals surface area contributed by atoms with Gasteiger partial charge in [-0.15, -0.1) is 12.4 Å². The summed E-state index contributed by atoms with van der Waals surface area (Å²) in [6, 6.07) is 4.72. The van der Waals surface area contributed by atoms with Crippen LogP contribution in [0.25, 0.3) is 0 Å². The molecule has 0 amide bonds. The Morgan fingerprint density at radius 3 is 1.86 bits per heavy atom. The summed E-state index contributed by atoms with van der Waals surface area (Å²) in [5.74, 6) is -1.84. The fourth-order valence-electron chi connectivity index (χ4n) is 3.76. The maximum absolute atomic E-state index is 13.8.